The predicted octanol–water partition coefficient (Wildman–Crippen LogP) is 4.22. The normalized spacial score (nSPS) is 9.15. The maximum atomic E-state index is 10.1. The van der Waals surface area contributed by atoms with Gasteiger partial charge in [0.1, 0.15) is 0 Å². The number of unbranched alkanes of at least 4 members (excludes halogenated alkanes) is 1. The van der Waals surface area contributed by atoms with E-state index in [-0.39, 0.29) is 26.4 Å². The molecule has 0 amide bonds. The topological polar surface area (TPSA) is 89.4 Å². The van der Waals surface area contributed by atoms with Crippen LogP contribution in [-0.2, 0) is 34.7 Å². The molecule has 6 nitrogen and oxygen atoms in total. The maximum absolute atomic E-state index is 10.1. The van der Waals surface area contributed by atoms with Crippen molar-refractivity contribution in [1.29, 1.82) is 0 Å². The van der Waals surface area contributed by atoms with Crippen molar-refractivity contribution < 1.29 is 39.9 Å². The molecule has 0 saturated carbocycles. The monoisotopic (exact) mass is 462 g/mol. The van der Waals surface area contributed by atoms with Crippen LogP contribution < -0.4 is 0 Å². The zero-order valence-electron chi connectivity index (χ0n) is 15.6. The number of rotatable bonds is 3. The molecule has 7 heteroatoms. The number of nitrogens with zero attached hydrogens (tertiary/aromatic N) is 2. The van der Waals surface area contributed by atoms with Crippen molar-refractivity contribution in [2.24, 2.45) is 0 Å². The average Bonchev–Trinajstić information content (AvgIpc) is 2.62. The van der Waals surface area contributed by atoms with E-state index in [0.29, 0.717) is 6.61 Å². The fraction of sp³-hybridized carbons (Fsp3) is 0.300. The first-order chi connectivity index (χ1) is 12.5. The Bertz CT molecular complexity index is 797. The van der Waals surface area contributed by atoms with Gasteiger partial charge in [-0.15, -0.1) is 0 Å². The van der Waals surface area contributed by atoms with E-state index in [9.17, 15) is 4.79 Å². The average molecular weight is 463 g/mol. The number of benzene rings is 1. The van der Waals surface area contributed by atoms with Gasteiger partial charge in [-0.2, -0.15) is 0 Å². The molecule has 0 fully saturated rings. The summed E-state index contributed by atoms with van der Waals surface area (Å²) < 4.78 is 4.64. The number of esters is 1. The summed E-state index contributed by atoms with van der Waals surface area (Å²) in [6.45, 7) is 5.14. The van der Waals surface area contributed by atoms with Crippen LogP contribution in [-0.4, -0.2) is 33.6 Å². The van der Waals surface area contributed by atoms with E-state index in [1.54, 1.807) is 12.4 Å². The van der Waals surface area contributed by atoms with Crippen molar-refractivity contribution >= 4 is 33.7 Å². The first-order valence-corrected chi connectivity index (χ1v) is 8.37. The molecule has 1 aromatic carbocycles. The molecule has 0 spiro atoms. The second kappa shape index (κ2) is 13.8. The number of carbonyl (C=O) groups is 2. The molecule has 1 N–H and O–H groups in total. The summed E-state index contributed by atoms with van der Waals surface area (Å²) in [5.74, 6) is -1.02. The van der Waals surface area contributed by atoms with Crippen molar-refractivity contribution in [2.45, 2.75) is 33.6 Å². The fourth-order valence-corrected chi connectivity index (χ4v) is 2.04. The molecule has 3 rings (SSSR count). The number of fused-ring (bicyclic) bond motifs is 3. The van der Waals surface area contributed by atoms with Crippen LogP contribution in [0.4, 0.5) is 0 Å². The summed E-state index contributed by atoms with van der Waals surface area (Å²) in [6.07, 6.45) is 5.65. The Morgan fingerprint density at radius 3 is 1.78 bits per heavy atom. The van der Waals surface area contributed by atoms with Gasteiger partial charge in [-0.1, -0.05) is 37.6 Å². The van der Waals surface area contributed by atoms with E-state index in [1.165, 1.54) is 6.92 Å². The summed E-state index contributed by atoms with van der Waals surface area (Å²) in [4.78, 5) is 27.8. The summed E-state index contributed by atoms with van der Waals surface area (Å²) >= 11 is 0. The quantitative estimate of drug-likeness (QED) is 0.271. The van der Waals surface area contributed by atoms with Gasteiger partial charge in [-0.25, -0.2) is 0 Å². The second-order valence-electron chi connectivity index (χ2n) is 5.43. The molecular weight excluding hydrogens is 439 g/mol. The largest absolute Gasteiger partial charge is 2.00 e. The molecule has 0 atom stereocenters. The van der Waals surface area contributed by atoms with Crippen LogP contribution in [0.1, 0.15) is 33.6 Å². The van der Waals surface area contributed by atoms with Gasteiger partial charge in [-0.05, 0) is 18.6 Å². The third kappa shape index (κ3) is 9.78. The Kier molecular flexibility index (Phi) is 12.6. The van der Waals surface area contributed by atoms with E-state index in [0.717, 1.165) is 41.6 Å². The number of carboxylic acids is 1. The third-order valence-electron chi connectivity index (χ3n) is 3.15. The van der Waals surface area contributed by atoms with E-state index < -0.39 is 5.97 Å². The van der Waals surface area contributed by atoms with Crippen LogP contribution in [0.2, 0.25) is 0 Å². The van der Waals surface area contributed by atoms with Gasteiger partial charge in [-0.3, -0.25) is 19.6 Å². The molecule has 0 radical (unpaired) electrons. The first kappa shape index (κ1) is 24.6. The van der Waals surface area contributed by atoms with Crippen LogP contribution in [0.3, 0.4) is 0 Å². The molecule has 3 aromatic rings. The van der Waals surface area contributed by atoms with Crippen LogP contribution in [0, 0.1) is 0 Å². The van der Waals surface area contributed by atoms with Crippen LogP contribution in [0.15, 0.2) is 48.8 Å². The van der Waals surface area contributed by atoms with Crippen molar-refractivity contribution in [3.63, 3.8) is 0 Å². The number of ether oxygens (including phenoxy) is 1. The van der Waals surface area contributed by atoms with Crippen LogP contribution >= 0.6 is 0 Å². The Balaban J connectivity index is 0.000000450. The van der Waals surface area contributed by atoms with Gasteiger partial charge in [0.05, 0.1) is 17.6 Å². The SMILES string of the molecule is CC(=O)O.CCCCOC(C)=O.[Pd+2].c1cnc2c(c1)ccc1cccnc12. The van der Waals surface area contributed by atoms with Gasteiger partial charge in [0.2, 0.25) is 0 Å². The smallest absolute Gasteiger partial charge is 0.481 e. The van der Waals surface area contributed by atoms with Gasteiger partial charge in [0, 0.05) is 37.0 Å². The Morgan fingerprint density at radius 1 is 0.963 bits per heavy atom. The molecule has 2 aromatic heterocycles. The van der Waals surface area contributed by atoms with E-state index in [2.05, 4.69) is 45.9 Å². The summed E-state index contributed by atoms with van der Waals surface area (Å²) in [5, 5.41) is 9.69. The predicted molar refractivity (Wildman–Crippen MR) is 102 cm³/mol. The Labute approximate surface area is 172 Å². The number of carbonyl (C=O) groups excluding carboxylic acids is 1. The maximum Gasteiger partial charge on any atom is 2.00 e. The first-order valence-electron chi connectivity index (χ1n) is 8.37. The summed E-state index contributed by atoms with van der Waals surface area (Å²) in [5.41, 5.74) is 1.95. The molecular formula is C20H24N2O4Pd+2. The fourth-order valence-electron chi connectivity index (χ4n) is 2.04. The van der Waals surface area contributed by atoms with Crippen molar-refractivity contribution in [1.82, 2.24) is 9.97 Å². The van der Waals surface area contributed by atoms with Gasteiger partial charge >= 0.3 is 26.4 Å². The Hall–Kier alpha value is -2.36. The summed E-state index contributed by atoms with van der Waals surface area (Å²) in [6, 6.07) is 12.1. The van der Waals surface area contributed by atoms with E-state index in [4.69, 9.17) is 9.90 Å². The molecule has 0 aliphatic heterocycles. The number of hydrogen-bond acceptors (Lipinski definition) is 5. The zero-order chi connectivity index (χ0) is 19.4. The number of aromatic nitrogens is 2. The molecule has 0 unspecified atom stereocenters. The third-order valence-corrected chi connectivity index (χ3v) is 3.15. The molecule has 0 saturated heterocycles. The molecule has 2 heterocycles. The Morgan fingerprint density at radius 2 is 1.41 bits per heavy atom. The minimum atomic E-state index is -0.833. The van der Waals surface area contributed by atoms with Gasteiger partial charge < -0.3 is 9.84 Å². The molecule has 0 bridgehead atoms. The minimum absolute atomic E-state index is 0. The molecule has 27 heavy (non-hydrogen) atoms. The van der Waals surface area contributed by atoms with Crippen molar-refractivity contribution in [2.75, 3.05) is 6.61 Å². The standard InChI is InChI=1S/C12H8N2.C6H12O2.C2H4O2.Pd/c1-3-9-5-6-10-4-2-8-14-12(10)11(9)13-7-1;1-3-4-5-8-6(2)7;1-2(3)4;/h1-8H;3-5H2,1-2H3;1H3,(H,3,4);/q;;;+2. The zero-order valence-corrected chi connectivity index (χ0v) is 17.2. The summed E-state index contributed by atoms with van der Waals surface area (Å²) in [7, 11) is 0. The van der Waals surface area contributed by atoms with Gasteiger partial charge in [0.15, 0.2) is 0 Å². The number of carboxylic acid groups (broad SMARTS) is 1. The molecule has 0 aliphatic rings. The minimum Gasteiger partial charge on any atom is -0.481 e. The van der Waals surface area contributed by atoms with Crippen molar-refractivity contribution in [3.8, 4) is 0 Å². The molecule has 0 aliphatic carbocycles. The number of hydrogen-bond donors (Lipinski definition) is 1. The van der Waals surface area contributed by atoms with Crippen LogP contribution in [0.5, 0.6) is 0 Å². The van der Waals surface area contributed by atoms with Crippen molar-refractivity contribution in [3.05, 3.63) is 48.8 Å². The molecule has 146 valence electrons. The van der Waals surface area contributed by atoms with E-state index >= 15 is 0 Å². The second-order valence-corrected chi connectivity index (χ2v) is 5.43. The number of aliphatic carboxylic acids is 1. The van der Waals surface area contributed by atoms with Gasteiger partial charge in [0.25, 0.3) is 5.97 Å². The van der Waals surface area contributed by atoms with E-state index in [1.807, 2.05) is 12.1 Å². The number of pyridine rings is 2. The van der Waals surface area contributed by atoms with Crippen LogP contribution in [0.25, 0.3) is 21.8 Å².